The Morgan fingerprint density at radius 3 is 2.44 bits per heavy atom. The molecule has 0 heterocycles. The number of aliphatic hydroxyl groups excluding tert-OH is 1. The minimum atomic E-state index is -0.755. The van der Waals surface area contributed by atoms with Crippen LogP contribution in [-0.4, -0.2) is 53.6 Å². The number of para-hydroxylation sites is 1. The first-order valence-electron chi connectivity index (χ1n) is 6.14. The summed E-state index contributed by atoms with van der Waals surface area (Å²) in [7, 11) is 1.86. The zero-order valence-corrected chi connectivity index (χ0v) is 11.3. The lowest BCUT2D eigenvalue weighted by molar-refractivity contribution is 0.0194. The van der Waals surface area contributed by atoms with Gasteiger partial charge in [-0.15, -0.1) is 0 Å². The number of hydrogen-bond donors (Lipinski definition) is 2. The zero-order valence-electron chi connectivity index (χ0n) is 11.3. The van der Waals surface area contributed by atoms with E-state index in [0.29, 0.717) is 13.1 Å². The minimum Gasteiger partial charge on any atom is -0.491 e. The number of nitrogens with zero attached hydrogens (tertiary/aromatic N) is 1. The topological polar surface area (TPSA) is 52.9 Å². The summed E-state index contributed by atoms with van der Waals surface area (Å²) in [5, 5.41) is 19.5. The Hall–Kier alpha value is -1.10. The van der Waals surface area contributed by atoms with E-state index >= 15 is 0 Å². The third-order valence-corrected chi connectivity index (χ3v) is 2.36. The van der Waals surface area contributed by atoms with Gasteiger partial charge >= 0.3 is 0 Å². The first-order chi connectivity index (χ1) is 8.37. The van der Waals surface area contributed by atoms with Gasteiger partial charge in [0.2, 0.25) is 0 Å². The van der Waals surface area contributed by atoms with Gasteiger partial charge in [0, 0.05) is 13.1 Å². The molecule has 0 radical (unpaired) electrons. The van der Waals surface area contributed by atoms with Crippen molar-refractivity contribution in [3.05, 3.63) is 30.3 Å². The summed E-state index contributed by atoms with van der Waals surface area (Å²) in [5.41, 5.74) is -0.755. The van der Waals surface area contributed by atoms with E-state index in [1.807, 2.05) is 42.3 Å². The second-order valence-corrected chi connectivity index (χ2v) is 5.29. The van der Waals surface area contributed by atoms with Gasteiger partial charge in [0.05, 0.1) is 5.60 Å². The molecule has 2 N–H and O–H groups in total. The van der Waals surface area contributed by atoms with Gasteiger partial charge in [-0.3, -0.25) is 0 Å². The van der Waals surface area contributed by atoms with Crippen LogP contribution in [0.15, 0.2) is 30.3 Å². The molecule has 1 unspecified atom stereocenters. The number of aliphatic hydroxyl groups is 2. The fourth-order valence-electron chi connectivity index (χ4n) is 1.85. The molecule has 1 atom stereocenters. The average Bonchev–Trinajstić information content (AvgIpc) is 2.25. The highest BCUT2D eigenvalue weighted by atomic mass is 16.5. The SMILES string of the molecule is CN(CC(O)COc1ccccc1)CC(C)(C)O. The second kappa shape index (κ2) is 6.73. The predicted octanol–water partition coefficient (Wildman–Crippen LogP) is 1.13. The van der Waals surface area contributed by atoms with Crippen LogP contribution in [0.4, 0.5) is 0 Å². The summed E-state index contributed by atoms with van der Waals surface area (Å²) in [6.45, 7) is 4.72. The molecule has 4 nitrogen and oxygen atoms in total. The molecular formula is C14H23NO3. The van der Waals surface area contributed by atoms with Crippen LogP contribution in [0.1, 0.15) is 13.8 Å². The largest absolute Gasteiger partial charge is 0.491 e. The Morgan fingerprint density at radius 2 is 1.89 bits per heavy atom. The molecule has 0 aromatic heterocycles. The van der Waals surface area contributed by atoms with Gasteiger partial charge in [-0.05, 0) is 33.0 Å². The van der Waals surface area contributed by atoms with Gasteiger partial charge < -0.3 is 19.8 Å². The van der Waals surface area contributed by atoms with Crippen molar-refractivity contribution in [3.8, 4) is 5.75 Å². The van der Waals surface area contributed by atoms with Crippen molar-refractivity contribution in [1.29, 1.82) is 0 Å². The van der Waals surface area contributed by atoms with Gasteiger partial charge in [-0.1, -0.05) is 18.2 Å². The molecule has 102 valence electrons. The number of likely N-dealkylation sites (N-methyl/N-ethyl adjacent to an activating group) is 1. The molecular weight excluding hydrogens is 230 g/mol. The van der Waals surface area contributed by atoms with Gasteiger partial charge in [0.15, 0.2) is 0 Å². The highest BCUT2D eigenvalue weighted by Crippen LogP contribution is 2.09. The molecule has 0 aliphatic heterocycles. The molecule has 0 amide bonds. The highest BCUT2D eigenvalue weighted by molar-refractivity contribution is 5.20. The smallest absolute Gasteiger partial charge is 0.119 e. The van der Waals surface area contributed by atoms with E-state index in [4.69, 9.17) is 4.74 Å². The maximum Gasteiger partial charge on any atom is 0.119 e. The fraction of sp³-hybridized carbons (Fsp3) is 0.571. The third-order valence-electron chi connectivity index (χ3n) is 2.36. The van der Waals surface area contributed by atoms with Crippen LogP contribution in [0.25, 0.3) is 0 Å². The van der Waals surface area contributed by atoms with E-state index in [1.165, 1.54) is 0 Å². The monoisotopic (exact) mass is 253 g/mol. The molecule has 0 aliphatic rings. The van der Waals surface area contributed by atoms with Crippen molar-refractivity contribution in [1.82, 2.24) is 4.90 Å². The molecule has 18 heavy (non-hydrogen) atoms. The fourth-order valence-corrected chi connectivity index (χ4v) is 1.85. The molecule has 0 saturated heterocycles. The van der Waals surface area contributed by atoms with Crippen molar-refractivity contribution in [2.75, 3.05) is 26.7 Å². The number of benzene rings is 1. The summed E-state index contributed by atoms with van der Waals surface area (Å²) >= 11 is 0. The van der Waals surface area contributed by atoms with Crippen molar-refractivity contribution in [3.63, 3.8) is 0 Å². The van der Waals surface area contributed by atoms with Gasteiger partial charge in [-0.2, -0.15) is 0 Å². The van der Waals surface area contributed by atoms with E-state index in [-0.39, 0.29) is 6.61 Å². The first-order valence-corrected chi connectivity index (χ1v) is 6.14. The molecule has 0 spiro atoms. The maximum atomic E-state index is 9.83. The third kappa shape index (κ3) is 6.59. The number of hydrogen-bond acceptors (Lipinski definition) is 4. The van der Waals surface area contributed by atoms with E-state index in [0.717, 1.165) is 5.75 Å². The lowest BCUT2D eigenvalue weighted by Crippen LogP contribution is -2.41. The van der Waals surface area contributed by atoms with E-state index < -0.39 is 11.7 Å². The van der Waals surface area contributed by atoms with Crippen LogP contribution in [0.2, 0.25) is 0 Å². The van der Waals surface area contributed by atoms with Gasteiger partial charge in [0.1, 0.15) is 18.5 Å². The lowest BCUT2D eigenvalue weighted by atomic mass is 10.1. The maximum absolute atomic E-state index is 9.83. The van der Waals surface area contributed by atoms with Crippen molar-refractivity contribution < 1.29 is 14.9 Å². The normalized spacial score (nSPS) is 13.7. The first kappa shape index (κ1) is 15.0. The highest BCUT2D eigenvalue weighted by Gasteiger charge is 2.17. The predicted molar refractivity (Wildman–Crippen MR) is 71.7 cm³/mol. The standard InChI is InChI=1S/C14H23NO3/c1-14(2,17)11-15(3)9-12(16)10-18-13-7-5-4-6-8-13/h4-8,12,16-17H,9-11H2,1-3H3. The van der Waals surface area contributed by atoms with Crippen molar-refractivity contribution in [2.24, 2.45) is 0 Å². The zero-order chi connectivity index (χ0) is 13.6. The van der Waals surface area contributed by atoms with Gasteiger partial charge in [-0.25, -0.2) is 0 Å². The van der Waals surface area contributed by atoms with Gasteiger partial charge in [0.25, 0.3) is 0 Å². The minimum absolute atomic E-state index is 0.250. The molecule has 0 aliphatic carbocycles. The van der Waals surface area contributed by atoms with Crippen LogP contribution in [0.3, 0.4) is 0 Å². The summed E-state index contributed by atoms with van der Waals surface area (Å²) in [4.78, 5) is 1.89. The number of ether oxygens (including phenoxy) is 1. The van der Waals surface area contributed by atoms with Crippen LogP contribution in [-0.2, 0) is 0 Å². The molecule has 4 heteroatoms. The summed E-state index contributed by atoms with van der Waals surface area (Å²) in [6.07, 6.45) is -0.572. The van der Waals surface area contributed by atoms with Crippen molar-refractivity contribution >= 4 is 0 Å². The number of rotatable bonds is 7. The molecule has 1 aromatic carbocycles. The Balaban J connectivity index is 2.27. The average molecular weight is 253 g/mol. The second-order valence-electron chi connectivity index (χ2n) is 5.29. The van der Waals surface area contributed by atoms with E-state index in [1.54, 1.807) is 13.8 Å². The lowest BCUT2D eigenvalue weighted by Gasteiger charge is -2.27. The molecule has 0 fully saturated rings. The Morgan fingerprint density at radius 1 is 1.28 bits per heavy atom. The molecule has 0 bridgehead atoms. The Kier molecular flexibility index (Phi) is 5.59. The van der Waals surface area contributed by atoms with Crippen molar-refractivity contribution in [2.45, 2.75) is 25.6 Å². The van der Waals surface area contributed by atoms with Crippen LogP contribution < -0.4 is 4.74 Å². The Labute approximate surface area is 109 Å². The van der Waals surface area contributed by atoms with Crippen LogP contribution in [0.5, 0.6) is 5.75 Å². The summed E-state index contributed by atoms with van der Waals surface area (Å²) < 4.78 is 5.46. The molecule has 0 saturated carbocycles. The quantitative estimate of drug-likeness (QED) is 0.765. The van der Waals surface area contributed by atoms with Crippen LogP contribution >= 0.6 is 0 Å². The summed E-state index contributed by atoms with van der Waals surface area (Å²) in [6, 6.07) is 9.41. The van der Waals surface area contributed by atoms with E-state index in [9.17, 15) is 10.2 Å². The molecule has 1 aromatic rings. The Bertz CT molecular complexity index is 335. The molecule has 1 rings (SSSR count). The van der Waals surface area contributed by atoms with Crippen LogP contribution in [0, 0.1) is 0 Å². The summed E-state index contributed by atoms with van der Waals surface area (Å²) in [5.74, 6) is 0.752. The van der Waals surface area contributed by atoms with E-state index in [2.05, 4.69) is 0 Å².